The van der Waals surface area contributed by atoms with Gasteiger partial charge in [0, 0.05) is 39.1 Å². The van der Waals surface area contributed by atoms with Gasteiger partial charge in [0.2, 0.25) is 0 Å². The molecule has 0 saturated carbocycles. The molecule has 0 fully saturated rings. The summed E-state index contributed by atoms with van der Waals surface area (Å²) in [6.07, 6.45) is 0. The predicted molar refractivity (Wildman–Crippen MR) is 137 cm³/mol. The molecule has 4 aromatic carbocycles. The maximum absolute atomic E-state index is 12.3. The van der Waals surface area contributed by atoms with Crippen LogP contribution in [0.5, 0.6) is 0 Å². The molecule has 0 amide bonds. The van der Waals surface area contributed by atoms with Crippen LogP contribution >= 0.6 is 11.3 Å². The zero-order chi connectivity index (χ0) is 22.9. The van der Waals surface area contributed by atoms with E-state index < -0.39 is 11.2 Å². The molecule has 0 bridgehead atoms. The SMILES string of the molecule is COC1(c2ccc(C3(O)c4ccccc4-c4ccccc43)s2)c2ccccc2-c2ccccc21. The highest BCUT2D eigenvalue weighted by Crippen LogP contribution is 2.57. The van der Waals surface area contributed by atoms with Gasteiger partial charge in [0.1, 0.15) is 0 Å². The van der Waals surface area contributed by atoms with Gasteiger partial charge in [-0.1, -0.05) is 97.1 Å². The summed E-state index contributed by atoms with van der Waals surface area (Å²) >= 11 is 1.63. The first kappa shape index (κ1) is 19.9. The van der Waals surface area contributed by atoms with Gasteiger partial charge in [0.05, 0.1) is 0 Å². The van der Waals surface area contributed by atoms with Gasteiger partial charge in [0.25, 0.3) is 0 Å². The Hall–Kier alpha value is -3.50. The summed E-state index contributed by atoms with van der Waals surface area (Å²) in [5.74, 6) is 0. The molecule has 0 unspecified atom stereocenters. The van der Waals surface area contributed by atoms with Crippen LogP contribution in [0.3, 0.4) is 0 Å². The minimum absolute atomic E-state index is 0.704. The smallest absolute Gasteiger partial charge is 0.153 e. The Morgan fingerprint density at radius 2 is 0.912 bits per heavy atom. The third-order valence-corrected chi connectivity index (χ3v) is 8.74. The summed E-state index contributed by atoms with van der Waals surface area (Å²) in [5.41, 5.74) is 6.84. The number of thiophene rings is 1. The summed E-state index contributed by atoms with van der Waals surface area (Å²) in [5, 5.41) is 12.3. The summed E-state index contributed by atoms with van der Waals surface area (Å²) in [4.78, 5) is 1.97. The molecular formula is C31H22O2S. The number of fused-ring (bicyclic) bond motifs is 6. The van der Waals surface area contributed by atoms with Gasteiger partial charge in [-0.15, -0.1) is 11.3 Å². The van der Waals surface area contributed by atoms with E-state index in [1.165, 1.54) is 11.1 Å². The Kier molecular flexibility index (Phi) is 4.10. The summed E-state index contributed by atoms with van der Waals surface area (Å²) in [6.45, 7) is 0. The van der Waals surface area contributed by atoms with E-state index >= 15 is 0 Å². The van der Waals surface area contributed by atoms with E-state index in [4.69, 9.17) is 4.74 Å². The standard InChI is InChI=1S/C31H22O2S/c1-33-31(26-16-8-4-12-22(26)23-13-5-9-17-27(23)31)29-19-18-28(34-29)30(32)24-14-6-2-10-20(24)21-11-3-7-15-25(21)30/h2-19,32H,1H3. The van der Waals surface area contributed by atoms with Crippen molar-refractivity contribution in [1.29, 1.82) is 0 Å². The van der Waals surface area contributed by atoms with Crippen LogP contribution in [0.15, 0.2) is 109 Å². The van der Waals surface area contributed by atoms with Crippen molar-refractivity contribution in [2.24, 2.45) is 0 Å². The van der Waals surface area contributed by atoms with Gasteiger partial charge < -0.3 is 9.84 Å². The molecule has 0 atom stereocenters. The lowest BCUT2D eigenvalue weighted by molar-refractivity contribution is 0.0655. The number of benzene rings is 4. The van der Waals surface area contributed by atoms with Crippen molar-refractivity contribution in [3.63, 3.8) is 0 Å². The van der Waals surface area contributed by atoms with E-state index in [-0.39, 0.29) is 0 Å². The van der Waals surface area contributed by atoms with Crippen molar-refractivity contribution in [3.05, 3.63) is 141 Å². The van der Waals surface area contributed by atoms with Crippen LogP contribution in [0.1, 0.15) is 32.0 Å². The Morgan fingerprint density at radius 1 is 0.529 bits per heavy atom. The zero-order valence-corrected chi connectivity index (χ0v) is 19.5. The Bertz CT molecular complexity index is 1490. The number of ether oxygens (including phenoxy) is 1. The predicted octanol–water partition coefficient (Wildman–Crippen LogP) is 6.93. The van der Waals surface area contributed by atoms with Crippen LogP contribution in [-0.2, 0) is 15.9 Å². The maximum Gasteiger partial charge on any atom is 0.153 e. The topological polar surface area (TPSA) is 29.5 Å². The molecule has 0 radical (unpaired) electrons. The summed E-state index contributed by atoms with van der Waals surface area (Å²) < 4.78 is 6.41. The summed E-state index contributed by atoms with van der Waals surface area (Å²) in [6, 6.07) is 37.5. The molecule has 0 spiro atoms. The van der Waals surface area contributed by atoms with Crippen molar-refractivity contribution >= 4 is 11.3 Å². The number of rotatable bonds is 3. The summed E-state index contributed by atoms with van der Waals surface area (Å²) in [7, 11) is 1.78. The number of hydrogen-bond donors (Lipinski definition) is 1. The van der Waals surface area contributed by atoms with Gasteiger partial charge in [-0.05, 0) is 34.4 Å². The van der Waals surface area contributed by atoms with Gasteiger partial charge in [0.15, 0.2) is 11.2 Å². The third-order valence-electron chi connectivity index (χ3n) is 7.44. The van der Waals surface area contributed by atoms with Crippen molar-refractivity contribution < 1.29 is 9.84 Å². The fourth-order valence-corrected chi connectivity index (χ4v) is 7.30. The molecule has 2 aliphatic carbocycles. The van der Waals surface area contributed by atoms with E-state index in [0.29, 0.717) is 0 Å². The van der Waals surface area contributed by atoms with Crippen molar-refractivity contribution in [1.82, 2.24) is 0 Å². The van der Waals surface area contributed by atoms with Gasteiger partial charge >= 0.3 is 0 Å². The maximum atomic E-state index is 12.3. The fourth-order valence-electron chi connectivity index (χ4n) is 5.98. The molecular weight excluding hydrogens is 436 g/mol. The normalized spacial score (nSPS) is 15.9. The Balaban J connectivity index is 1.47. The van der Waals surface area contributed by atoms with Crippen LogP contribution in [-0.4, -0.2) is 12.2 Å². The van der Waals surface area contributed by atoms with Crippen LogP contribution in [0.2, 0.25) is 0 Å². The van der Waals surface area contributed by atoms with Crippen LogP contribution in [0, 0.1) is 0 Å². The van der Waals surface area contributed by atoms with E-state index in [1.807, 2.05) is 36.4 Å². The first-order valence-corrected chi connectivity index (χ1v) is 12.3. The van der Waals surface area contributed by atoms with E-state index in [2.05, 4.69) is 72.8 Å². The van der Waals surface area contributed by atoms with Crippen molar-refractivity contribution in [3.8, 4) is 22.3 Å². The molecule has 34 heavy (non-hydrogen) atoms. The average Bonchev–Trinajstić information content (AvgIpc) is 3.57. The second kappa shape index (κ2) is 7.00. The monoisotopic (exact) mass is 458 g/mol. The number of methoxy groups -OCH3 is 1. The first-order chi connectivity index (χ1) is 16.7. The average molecular weight is 459 g/mol. The minimum Gasteiger partial charge on any atom is -0.375 e. The van der Waals surface area contributed by atoms with Gasteiger partial charge in [-0.25, -0.2) is 0 Å². The first-order valence-electron chi connectivity index (χ1n) is 11.5. The van der Waals surface area contributed by atoms with E-state index in [9.17, 15) is 5.11 Å². The molecule has 5 aromatic rings. The van der Waals surface area contributed by atoms with E-state index in [0.717, 1.165) is 43.1 Å². The molecule has 1 N–H and O–H groups in total. The molecule has 0 aliphatic heterocycles. The van der Waals surface area contributed by atoms with Crippen molar-refractivity contribution in [2.75, 3.05) is 7.11 Å². The third kappa shape index (κ3) is 2.31. The van der Waals surface area contributed by atoms with E-state index in [1.54, 1.807) is 18.4 Å². The highest BCUT2D eigenvalue weighted by atomic mass is 32.1. The molecule has 1 heterocycles. The largest absolute Gasteiger partial charge is 0.375 e. The lowest BCUT2D eigenvalue weighted by Gasteiger charge is -2.30. The molecule has 2 aliphatic rings. The highest BCUT2D eigenvalue weighted by molar-refractivity contribution is 7.12. The quantitative estimate of drug-likeness (QED) is 0.318. The molecule has 1 aromatic heterocycles. The second-order valence-electron chi connectivity index (χ2n) is 8.94. The molecule has 164 valence electrons. The van der Waals surface area contributed by atoms with Crippen LogP contribution in [0.4, 0.5) is 0 Å². The van der Waals surface area contributed by atoms with Crippen LogP contribution < -0.4 is 0 Å². The Morgan fingerprint density at radius 3 is 1.38 bits per heavy atom. The Labute approximate surface area is 202 Å². The number of aliphatic hydroxyl groups is 1. The lowest BCUT2D eigenvalue weighted by Crippen LogP contribution is -2.28. The van der Waals surface area contributed by atoms with Gasteiger partial charge in [-0.2, -0.15) is 0 Å². The van der Waals surface area contributed by atoms with Gasteiger partial charge in [-0.3, -0.25) is 0 Å². The lowest BCUT2D eigenvalue weighted by atomic mass is 9.88. The van der Waals surface area contributed by atoms with Crippen molar-refractivity contribution in [2.45, 2.75) is 11.2 Å². The molecule has 2 nitrogen and oxygen atoms in total. The highest BCUT2D eigenvalue weighted by Gasteiger charge is 2.48. The second-order valence-corrected chi connectivity index (χ2v) is 10.0. The minimum atomic E-state index is -1.19. The number of hydrogen-bond acceptors (Lipinski definition) is 3. The van der Waals surface area contributed by atoms with Crippen LogP contribution in [0.25, 0.3) is 22.3 Å². The molecule has 0 saturated heterocycles. The fraction of sp³-hybridized carbons (Fsp3) is 0.0968. The molecule has 7 rings (SSSR count). The zero-order valence-electron chi connectivity index (χ0n) is 18.7. The molecule has 3 heteroatoms.